The minimum Gasteiger partial charge on any atom is -0.330 e. The number of nitrogens with one attached hydrogen (secondary N) is 1. The van der Waals surface area contributed by atoms with Crippen LogP contribution >= 0.6 is 0 Å². The Morgan fingerprint density at radius 1 is 1.26 bits per heavy atom. The molecule has 0 fully saturated rings. The van der Waals surface area contributed by atoms with E-state index in [0.717, 1.165) is 12.0 Å². The smallest absolute Gasteiger partial charge is 0.211 e. The van der Waals surface area contributed by atoms with E-state index in [1.54, 1.807) is 0 Å². The summed E-state index contributed by atoms with van der Waals surface area (Å²) < 4.78 is 25.8. The van der Waals surface area contributed by atoms with Gasteiger partial charge >= 0.3 is 0 Å². The topological polar surface area (TPSA) is 72.2 Å². The molecule has 1 aromatic carbocycles. The fourth-order valence-corrected chi connectivity index (χ4v) is 3.08. The van der Waals surface area contributed by atoms with Gasteiger partial charge in [0, 0.05) is 6.54 Å². The van der Waals surface area contributed by atoms with Gasteiger partial charge in [-0.3, -0.25) is 0 Å². The number of benzene rings is 1. The molecule has 5 heteroatoms. The van der Waals surface area contributed by atoms with Gasteiger partial charge in [-0.2, -0.15) is 0 Å². The molecule has 1 unspecified atom stereocenters. The zero-order valence-electron chi connectivity index (χ0n) is 11.7. The molecule has 0 aliphatic rings. The van der Waals surface area contributed by atoms with Gasteiger partial charge in [-0.15, -0.1) is 0 Å². The zero-order chi connectivity index (χ0) is 14.3. The van der Waals surface area contributed by atoms with E-state index in [2.05, 4.69) is 16.9 Å². The summed E-state index contributed by atoms with van der Waals surface area (Å²) in [4.78, 5) is 0. The molecule has 4 nitrogen and oxygen atoms in total. The molecule has 0 aliphatic carbocycles. The molecule has 1 aromatic rings. The lowest BCUT2D eigenvalue weighted by Crippen LogP contribution is -2.29. The number of hydrogen-bond donors (Lipinski definition) is 2. The van der Waals surface area contributed by atoms with Crippen LogP contribution in [-0.4, -0.2) is 27.3 Å². The number of hydrogen-bond acceptors (Lipinski definition) is 3. The molecule has 0 aromatic heterocycles. The molecule has 19 heavy (non-hydrogen) atoms. The average Bonchev–Trinajstić information content (AvgIpc) is 2.37. The van der Waals surface area contributed by atoms with Crippen molar-refractivity contribution in [3.8, 4) is 0 Å². The first-order chi connectivity index (χ1) is 8.98. The van der Waals surface area contributed by atoms with Crippen LogP contribution in [0.4, 0.5) is 0 Å². The van der Waals surface area contributed by atoms with Gasteiger partial charge < -0.3 is 5.73 Å². The second-order valence-electron chi connectivity index (χ2n) is 4.85. The van der Waals surface area contributed by atoms with Crippen molar-refractivity contribution < 1.29 is 8.42 Å². The van der Waals surface area contributed by atoms with Crippen molar-refractivity contribution in [3.05, 3.63) is 35.4 Å². The molecule has 0 saturated carbocycles. The van der Waals surface area contributed by atoms with Crippen LogP contribution in [0.2, 0.25) is 0 Å². The highest BCUT2D eigenvalue weighted by Gasteiger charge is 2.12. The van der Waals surface area contributed by atoms with E-state index < -0.39 is 10.0 Å². The van der Waals surface area contributed by atoms with Crippen molar-refractivity contribution in [1.82, 2.24) is 4.72 Å². The van der Waals surface area contributed by atoms with Crippen LogP contribution in [0.25, 0.3) is 0 Å². The Kier molecular flexibility index (Phi) is 6.48. The largest absolute Gasteiger partial charge is 0.330 e. The van der Waals surface area contributed by atoms with E-state index in [0.29, 0.717) is 19.5 Å². The third-order valence-corrected chi connectivity index (χ3v) is 4.62. The third kappa shape index (κ3) is 5.72. The van der Waals surface area contributed by atoms with Gasteiger partial charge in [-0.05, 0) is 36.4 Å². The van der Waals surface area contributed by atoms with Crippen molar-refractivity contribution in [1.29, 1.82) is 0 Å². The molecule has 0 amide bonds. The minimum atomic E-state index is -3.12. The van der Waals surface area contributed by atoms with Crippen LogP contribution in [0.3, 0.4) is 0 Å². The molecule has 3 N–H and O–H groups in total. The lowest BCUT2D eigenvalue weighted by molar-refractivity contribution is 0.573. The molecule has 0 aliphatic heterocycles. The molecular formula is C14H24N2O2S. The highest BCUT2D eigenvalue weighted by atomic mass is 32.2. The summed E-state index contributed by atoms with van der Waals surface area (Å²) in [5.41, 5.74) is 7.86. The fourth-order valence-electron chi connectivity index (χ4n) is 1.89. The number of rotatable bonds is 8. The summed E-state index contributed by atoms with van der Waals surface area (Å²) in [6.07, 6.45) is 1.51. The molecular weight excluding hydrogens is 260 g/mol. The van der Waals surface area contributed by atoms with E-state index >= 15 is 0 Å². The molecule has 0 spiro atoms. The maximum atomic E-state index is 11.6. The SMILES string of the molecule is CCCS(=O)(=O)NCC(C)c1ccc(CCN)cc1. The summed E-state index contributed by atoms with van der Waals surface area (Å²) in [6.45, 7) is 4.97. The van der Waals surface area contributed by atoms with Crippen LogP contribution in [0.15, 0.2) is 24.3 Å². The summed E-state index contributed by atoms with van der Waals surface area (Å²) in [5, 5.41) is 0. The van der Waals surface area contributed by atoms with E-state index in [-0.39, 0.29) is 11.7 Å². The Morgan fingerprint density at radius 3 is 2.42 bits per heavy atom. The quantitative estimate of drug-likeness (QED) is 0.762. The van der Waals surface area contributed by atoms with Gasteiger partial charge in [-0.25, -0.2) is 13.1 Å². The highest BCUT2D eigenvalue weighted by Crippen LogP contribution is 2.15. The zero-order valence-corrected chi connectivity index (χ0v) is 12.5. The van der Waals surface area contributed by atoms with Gasteiger partial charge in [0.2, 0.25) is 10.0 Å². The van der Waals surface area contributed by atoms with Gasteiger partial charge in [0.25, 0.3) is 0 Å². The standard InChI is InChI=1S/C14H24N2O2S/c1-3-10-19(17,18)16-11-12(2)14-6-4-13(5-7-14)8-9-15/h4-7,12,16H,3,8-11,15H2,1-2H3. The normalized spacial score (nSPS) is 13.4. The fraction of sp³-hybridized carbons (Fsp3) is 0.571. The first-order valence-corrected chi connectivity index (χ1v) is 8.40. The van der Waals surface area contributed by atoms with E-state index in [4.69, 9.17) is 5.73 Å². The Labute approximate surface area is 116 Å². The van der Waals surface area contributed by atoms with Crippen LogP contribution < -0.4 is 10.5 Å². The monoisotopic (exact) mass is 284 g/mol. The van der Waals surface area contributed by atoms with Crippen molar-refractivity contribution >= 4 is 10.0 Å². The number of sulfonamides is 1. The van der Waals surface area contributed by atoms with Crippen LogP contribution in [0.5, 0.6) is 0 Å². The lowest BCUT2D eigenvalue weighted by Gasteiger charge is -2.13. The second kappa shape index (κ2) is 7.62. The average molecular weight is 284 g/mol. The Bertz CT molecular complexity index is 469. The first-order valence-electron chi connectivity index (χ1n) is 6.74. The van der Waals surface area contributed by atoms with Gasteiger partial charge in [0.1, 0.15) is 0 Å². The van der Waals surface area contributed by atoms with Gasteiger partial charge in [-0.1, -0.05) is 38.1 Å². The Balaban J connectivity index is 2.56. The predicted octanol–water partition coefficient (Wildman–Crippen LogP) is 1.62. The number of nitrogens with two attached hydrogens (primary N) is 1. The molecule has 0 radical (unpaired) electrons. The minimum absolute atomic E-state index is 0.165. The Hall–Kier alpha value is -0.910. The van der Waals surface area contributed by atoms with E-state index in [9.17, 15) is 8.42 Å². The summed E-state index contributed by atoms with van der Waals surface area (Å²) in [5.74, 6) is 0.355. The molecule has 108 valence electrons. The first kappa shape index (κ1) is 16.1. The van der Waals surface area contributed by atoms with Crippen LogP contribution in [-0.2, 0) is 16.4 Å². The van der Waals surface area contributed by atoms with E-state index in [1.807, 2.05) is 26.0 Å². The lowest BCUT2D eigenvalue weighted by atomic mass is 9.99. The summed E-state index contributed by atoms with van der Waals surface area (Å²) in [6, 6.07) is 8.20. The third-order valence-electron chi connectivity index (χ3n) is 3.06. The second-order valence-corrected chi connectivity index (χ2v) is 6.78. The summed E-state index contributed by atoms with van der Waals surface area (Å²) >= 11 is 0. The van der Waals surface area contributed by atoms with Crippen molar-refractivity contribution in [2.45, 2.75) is 32.6 Å². The maximum absolute atomic E-state index is 11.6. The predicted molar refractivity (Wildman–Crippen MR) is 79.7 cm³/mol. The van der Waals surface area contributed by atoms with Crippen molar-refractivity contribution in [3.63, 3.8) is 0 Å². The van der Waals surface area contributed by atoms with Crippen molar-refractivity contribution in [2.75, 3.05) is 18.8 Å². The molecule has 0 saturated heterocycles. The molecule has 1 atom stereocenters. The van der Waals surface area contributed by atoms with Gasteiger partial charge in [0.15, 0.2) is 0 Å². The molecule has 1 rings (SSSR count). The van der Waals surface area contributed by atoms with Gasteiger partial charge in [0.05, 0.1) is 5.75 Å². The van der Waals surface area contributed by atoms with Crippen LogP contribution in [0, 0.1) is 0 Å². The van der Waals surface area contributed by atoms with E-state index in [1.165, 1.54) is 5.56 Å². The van der Waals surface area contributed by atoms with Crippen LogP contribution in [0.1, 0.15) is 37.3 Å². The highest BCUT2D eigenvalue weighted by molar-refractivity contribution is 7.89. The van der Waals surface area contributed by atoms with Crippen molar-refractivity contribution in [2.24, 2.45) is 5.73 Å². The Morgan fingerprint density at radius 2 is 1.89 bits per heavy atom. The molecule has 0 heterocycles. The summed E-state index contributed by atoms with van der Waals surface area (Å²) in [7, 11) is -3.12. The maximum Gasteiger partial charge on any atom is 0.211 e. The molecule has 0 bridgehead atoms.